The number of hydrogen-bond acceptors (Lipinski definition) is 4. The van der Waals surface area contributed by atoms with Crippen molar-refractivity contribution in [2.75, 3.05) is 25.5 Å². The summed E-state index contributed by atoms with van der Waals surface area (Å²) in [6, 6.07) is 13.8. The molecule has 0 atom stereocenters. The smallest absolute Gasteiger partial charge is 0.260 e. The van der Waals surface area contributed by atoms with Gasteiger partial charge >= 0.3 is 0 Å². The summed E-state index contributed by atoms with van der Waals surface area (Å²) in [7, 11) is 1.46. The van der Waals surface area contributed by atoms with E-state index in [1.54, 1.807) is 24.3 Å². The monoisotopic (exact) mass is 341 g/mol. The molecule has 0 aliphatic rings. The third-order valence-corrected chi connectivity index (χ3v) is 3.29. The first-order valence-corrected chi connectivity index (χ1v) is 7.41. The molecule has 2 aromatic rings. The van der Waals surface area contributed by atoms with Crippen molar-refractivity contribution in [3.63, 3.8) is 0 Å². The van der Waals surface area contributed by atoms with Crippen molar-refractivity contribution in [2.45, 2.75) is 0 Å². The summed E-state index contributed by atoms with van der Waals surface area (Å²) in [5, 5.41) is 11.5. The lowest BCUT2D eigenvalue weighted by molar-refractivity contribution is -0.135. The van der Waals surface area contributed by atoms with Crippen LogP contribution in [0, 0.1) is 17.1 Å². The molecule has 0 unspecified atom stereocenters. The fraction of sp³-hybridized carbons (Fsp3) is 0.167. The summed E-state index contributed by atoms with van der Waals surface area (Å²) >= 11 is 0. The number of nitriles is 1. The second-order valence-electron chi connectivity index (χ2n) is 5.20. The predicted molar refractivity (Wildman–Crippen MR) is 89.3 cm³/mol. The Morgan fingerprint density at radius 3 is 2.56 bits per heavy atom. The average Bonchev–Trinajstić information content (AvgIpc) is 2.61. The van der Waals surface area contributed by atoms with Crippen LogP contribution in [0.3, 0.4) is 0 Å². The number of carbonyl (C=O) groups excluding carboxylic acids is 2. The molecule has 0 saturated carbocycles. The second-order valence-corrected chi connectivity index (χ2v) is 5.20. The Morgan fingerprint density at radius 1 is 1.20 bits per heavy atom. The Bertz CT molecular complexity index is 800. The third kappa shape index (κ3) is 5.32. The second kappa shape index (κ2) is 8.45. The summed E-state index contributed by atoms with van der Waals surface area (Å²) in [6.45, 7) is -0.474. The third-order valence-electron chi connectivity index (χ3n) is 3.29. The number of halogens is 1. The number of hydrogen-bond donors (Lipinski definition) is 1. The van der Waals surface area contributed by atoms with Crippen molar-refractivity contribution < 1.29 is 18.7 Å². The molecule has 0 fully saturated rings. The van der Waals surface area contributed by atoms with E-state index in [1.807, 2.05) is 6.07 Å². The highest BCUT2D eigenvalue weighted by Crippen LogP contribution is 2.16. The minimum atomic E-state index is -0.417. The summed E-state index contributed by atoms with van der Waals surface area (Å²) in [4.78, 5) is 25.1. The maximum Gasteiger partial charge on any atom is 0.260 e. The van der Waals surface area contributed by atoms with Crippen molar-refractivity contribution in [3.05, 3.63) is 59.9 Å². The number of nitrogens with zero attached hydrogens (tertiary/aromatic N) is 2. The van der Waals surface area contributed by atoms with E-state index in [0.717, 1.165) is 0 Å². The molecule has 0 saturated heterocycles. The fourth-order valence-corrected chi connectivity index (χ4v) is 1.97. The lowest BCUT2D eigenvalue weighted by Gasteiger charge is -2.17. The maximum absolute atomic E-state index is 12.8. The molecule has 0 aliphatic heterocycles. The van der Waals surface area contributed by atoms with Gasteiger partial charge in [0.05, 0.1) is 12.1 Å². The molecule has 0 aromatic heterocycles. The van der Waals surface area contributed by atoms with Crippen molar-refractivity contribution in [1.29, 1.82) is 5.26 Å². The van der Waals surface area contributed by atoms with Crippen LogP contribution in [-0.2, 0) is 9.59 Å². The molecule has 0 bridgehead atoms. The molecule has 0 aliphatic carbocycles. The Labute approximate surface area is 144 Å². The van der Waals surface area contributed by atoms with Gasteiger partial charge < -0.3 is 15.0 Å². The molecule has 0 spiro atoms. The van der Waals surface area contributed by atoms with Gasteiger partial charge in [-0.1, -0.05) is 12.1 Å². The molecular weight excluding hydrogens is 325 g/mol. The van der Waals surface area contributed by atoms with Crippen LogP contribution in [0.25, 0.3) is 0 Å². The zero-order valence-electron chi connectivity index (χ0n) is 13.5. The van der Waals surface area contributed by atoms with E-state index in [1.165, 1.54) is 36.2 Å². The van der Waals surface area contributed by atoms with Gasteiger partial charge in [0.25, 0.3) is 5.91 Å². The van der Waals surface area contributed by atoms with Gasteiger partial charge in [0.15, 0.2) is 6.61 Å². The predicted octanol–water partition coefficient (Wildman–Crippen LogP) is 2.17. The highest BCUT2D eigenvalue weighted by Gasteiger charge is 2.14. The van der Waals surface area contributed by atoms with Crippen molar-refractivity contribution in [1.82, 2.24) is 4.90 Å². The van der Waals surface area contributed by atoms with Crippen LogP contribution in [0.4, 0.5) is 10.1 Å². The van der Waals surface area contributed by atoms with E-state index in [-0.39, 0.29) is 13.2 Å². The molecular formula is C18H16FN3O3. The van der Waals surface area contributed by atoms with E-state index in [9.17, 15) is 14.0 Å². The van der Waals surface area contributed by atoms with E-state index >= 15 is 0 Å². The molecule has 1 N–H and O–H groups in total. The van der Waals surface area contributed by atoms with Gasteiger partial charge in [0.1, 0.15) is 17.6 Å². The van der Waals surface area contributed by atoms with Crippen molar-refractivity contribution in [2.24, 2.45) is 0 Å². The minimum Gasteiger partial charge on any atom is -0.482 e. The first-order valence-electron chi connectivity index (χ1n) is 7.41. The lowest BCUT2D eigenvalue weighted by Crippen LogP contribution is -2.37. The molecule has 128 valence electrons. The van der Waals surface area contributed by atoms with Crippen molar-refractivity contribution >= 4 is 17.5 Å². The summed E-state index contributed by atoms with van der Waals surface area (Å²) in [5.74, 6) is -0.926. The van der Waals surface area contributed by atoms with Gasteiger partial charge in [-0.2, -0.15) is 5.26 Å². The minimum absolute atomic E-state index is 0.181. The molecule has 0 heterocycles. The zero-order chi connectivity index (χ0) is 18.2. The molecule has 2 aromatic carbocycles. The van der Waals surface area contributed by atoms with E-state index in [4.69, 9.17) is 10.00 Å². The number of rotatable bonds is 6. The molecule has 7 heteroatoms. The number of benzene rings is 2. The van der Waals surface area contributed by atoms with Gasteiger partial charge in [-0.25, -0.2) is 4.39 Å². The summed E-state index contributed by atoms with van der Waals surface area (Å²) < 4.78 is 18.2. The number of carbonyl (C=O) groups is 2. The summed E-state index contributed by atoms with van der Waals surface area (Å²) in [6.07, 6.45) is 0. The van der Waals surface area contributed by atoms with Crippen LogP contribution in [0.1, 0.15) is 5.56 Å². The molecule has 2 rings (SSSR count). The maximum atomic E-state index is 12.8. The summed E-state index contributed by atoms with van der Waals surface area (Å²) in [5.41, 5.74) is 0.762. The number of nitrogens with one attached hydrogen (secondary N) is 1. The Morgan fingerprint density at radius 2 is 1.88 bits per heavy atom. The number of para-hydroxylation sites is 1. The van der Waals surface area contributed by atoms with E-state index in [0.29, 0.717) is 17.0 Å². The number of anilines is 1. The SMILES string of the molecule is CN(CC(=O)Nc1ccc(F)cc1)C(=O)COc1ccccc1C#N. The fourth-order valence-electron chi connectivity index (χ4n) is 1.97. The van der Waals surface area contributed by atoms with Crippen LogP contribution >= 0.6 is 0 Å². The molecule has 6 nitrogen and oxygen atoms in total. The highest BCUT2D eigenvalue weighted by molar-refractivity contribution is 5.94. The van der Waals surface area contributed by atoms with Gasteiger partial charge in [0, 0.05) is 12.7 Å². The first-order chi connectivity index (χ1) is 12.0. The van der Waals surface area contributed by atoms with Crippen LogP contribution < -0.4 is 10.1 Å². The van der Waals surface area contributed by atoms with Crippen molar-refractivity contribution in [3.8, 4) is 11.8 Å². The van der Waals surface area contributed by atoms with Crippen LogP contribution in [0.2, 0.25) is 0 Å². The quantitative estimate of drug-likeness (QED) is 0.873. The highest BCUT2D eigenvalue weighted by atomic mass is 19.1. The zero-order valence-corrected chi connectivity index (χ0v) is 13.5. The van der Waals surface area contributed by atoms with E-state index < -0.39 is 17.6 Å². The Hall–Kier alpha value is -3.40. The molecule has 2 amide bonds. The number of amides is 2. The Balaban J connectivity index is 1.84. The first kappa shape index (κ1) is 17.9. The average molecular weight is 341 g/mol. The van der Waals surface area contributed by atoms with E-state index in [2.05, 4.69) is 5.32 Å². The largest absolute Gasteiger partial charge is 0.482 e. The van der Waals surface area contributed by atoms with Gasteiger partial charge in [0.2, 0.25) is 5.91 Å². The van der Waals surface area contributed by atoms with Crippen LogP contribution in [-0.4, -0.2) is 36.9 Å². The van der Waals surface area contributed by atoms with Gasteiger partial charge in [-0.15, -0.1) is 0 Å². The standard InChI is InChI=1S/C18H16FN3O3/c1-22(11-17(23)21-15-8-6-14(19)7-9-15)18(24)12-25-16-5-3-2-4-13(16)10-20/h2-9H,11-12H2,1H3,(H,21,23). The van der Waals surface area contributed by atoms with Gasteiger partial charge in [-0.05, 0) is 36.4 Å². The van der Waals surface area contributed by atoms with Crippen LogP contribution in [0.5, 0.6) is 5.75 Å². The van der Waals surface area contributed by atoms with Gasteiger partial charge in [-0.3, -0.25) is 9.59 Å². The number of ether oxygens (including phenoxy) is 1. The molecule has 0 radical (unpaired) electrons. The topological polar surface area (TPSA) is 82.4 Å². The van der Waals surface area contributed by atoms with Crippen LogP contribution in [0.15, 0.2) is 48.5 Å². The normalized spacial score (nSPS) is 9.80. The lowest BCUT2D eigenvalue weighted by atomic mass is 10.2. The molecule has 25 heavy (non-hydrogen) atoms. The Kier molecular flexibility index (Phi) is 6.07. The number of likely N-dealkylation sites (N-methyl/N-ethyl adjacent to an activating group) is 1.